The fourth-order valence-corrected chi connectivity index (χ4v) is 2.73. The second-order valence-electron chi connectivity index (χ2n) is 4.15. The zero-order valence-electron chi connectivity index (χ0n) is 9.03. The molecule has 0 saturated carbocycles. The normalized spacial score (nSPS) is 20.9. The maximum atomic E-state index is 13.6. The standard InChI is InChI=1S/C12H15BrFN/c1-7-9(13)6-10(14)8(2)12(7)11-4-3-5-15-11/h6,11,15H,3-5H2,1-2H3. The van der Waals surface area contributed by atoms with E-state index in [-0.39, 0.29) is 5.82 Å². The molecule has 1 N–H and O–H groups in total. The highest BCUT2D eigenvalue weighted by molar-refractivity contribution is 9.10. The van der Waals surface area contributed by atoms with Crippen LogP contribution in [-0.2, 0) is 0 Å². The smallest absolute Gasteiger partial charge is 0.127 e. The molecule has 1 atom stereocenters. The average molecular weight is 272 g/mol. The summed E-state index contributed by atoms with van der Waals surface area (Å²) in [5.74, 6) is -0.115. The third-order valence-corrected chi connectivity index (χ3v) is 4.01. The molecule has 0 bridgehead atoms. The van der Waals surface area contributed by atoms with Crippen molar-refractivity contribution in [3.8, 4) is 0 Å². The monoisotopic (exact) mass is 271 g/mol. The van der Waals surface area contributed by atoms with Crippen LogP contribution in [0, 0.1) is 19.7 Å². The third-order valence-electron chi connectivity index (χ3n) is 3.19. The van der Waals surface area contributed by atoms with Crippen molar-refractivity contribution in [2.45, 2.75) is 32.7 Å². The number of hydrogen-bond acceptors (Lipinski definition) is 1. The van der Waals surface area contributed by atoms with E-state index in [1.165, 1.54) is 6.42 Å². The van der Waals surface area contributed by atoms with Crippen molar-refractivity contribution >= 4 is 15.9 Å². The molecule has 1 aliphatic rings. The van der Waals surface area contributed by atoms with Gasteiger partial charge in [-0.25, -0.2) is 4.39 Å². The summed E-state index contributed by atoms with van der Waals surface area (Å²) in [7, 11) is 0. The van der Waals surface area contributed by atoms with E-state index in [2.05, 4.69) is 21.2 Å². The van der Waals surface area contributed by atoms with Gasteiger partial charge >= 0.3 is 0 Å². The van der Waals surface area contributed by atoms with Gasteiger partial charge in [-0.2, -0.15) is 0 Å². The van der Waals surface area contributed by atoms with E-state index < -0.39 is 0 Å². The number of nitrogens with one attached hydrogen (secondary N) is 1. The van der Waals surface area contributed by atoms with Gasteiger partial charge in [-0.1, -0.05) is 15.9 Å². The quantitative estimate of drug-likeness (QED) is 0.823. The molecule has 0 spiro atoms. The Hall–Kier alpha value is -0.410. The summed E-state index contributed by atoms with van der Waals surface area (Å²) in [6.45, 7) is 4.95. The van der Waals surface area contributed by atoms with E-state index in [0.29, 0.717) is 6.04 Å². The minimum absolute atomic E-state index is 0.115. The molecular weight excluding hydrogens is 257 g/mol. The van der Waals surface area contributed by atoms with Crippen molar-refractivity contribution in [3.05, 3.63) is 33.0 Å². The molecule has 1 saturated heterocycles. The third kappa shape index (κ3) is 1.95. The van der Waals surface area contributed by atoms with E-state index in [0.717, 1.165) is 34.1 Å². The molecule has 0 amide bonds. The minimum Gasteiger partial charge on any atom is -0.310 e. The van der Waals surface area contributed by atoms with Crippen LogP contribution in [0.25, 0.3) is 0 Å². The van der Waals surface area contributed by atoms with E-state index in [1.54, 1.807) is 6.07 Å². The van der Waals surface area contributed by atoms with Gasteiger partial charge in [0.25, 0.3) is 0 Å². The van der Waals surface area contributed by atoms with Crippen molar-refractivity contribution in [2.75, 3.05) is 6.54 Å². The zero-order valence-corrected chi connectivity index (χ0v) is 10.6. The Labute approximate surface area is 98.2 Å². The van der Waals surface area contributed by atoms with Crippen LogP contribution in [0.4, 0.5) is 4.39 Å². The summed E-state index contributed by atoms with van der Waals surface area (Å²) in [4.78, 5) is 0. The molecule has 1 unspecified atom stereocenters. The topological polar surface area (TPSA) is 12.0 Å². The van der Waals surface area contributed by atoms with Crippen LogP contribution in [0.3, 0.4) is 0 Å². The highest BCUT2D eigenvalue weighted by Crippen LogP contribution is 2.33. The Balaban J connectivity index is 2.52. The molecule has 0 radical (unpaired) electrons. The Kier molecular flexibility index (Phi) is 3.12. The first-order valence-corrected chi connectivity index (χ1v) is 6.09. The number of hydrogen-bond donors (Lipinski definition) is 1. The summed E-state index contributed by atoms with van der Waals surface area (Å²) < 4.78 is 14.5. The van der Waals surface area contributed by atoms with E-state index >= 15 is 0 Å². The first-order valence-electron chi connectivity index (χ1n) is 5.29. The largest absolute Gasteiger partial charge is 0.310 e. The average Bonchev–Trinajstić information content (AvgIpc) is 2.69. The molecule has 0 aliphatic carbocycles. The van der Waals surface area contributed by atoms with Crippen molar-refractivity contribution < 1.29 is 4.39 Å². The molecule has 1 fully saturated rings. The fourth-order valence-electron chi connectivity index (χ4n) is 2.32. The van der Waals surface area contributed by atoms with Gasteiger partial charge in [0.2, 0.25) is 0 Å². The summed E-state index contributed by atoms with van der Waals surface area (Å²) in [6.07, 6.45) is 2.29. The first-order chi connectivity index (χ1) is 7.11. The lowest BCUT2D eigenvalue weighted by Crippen LogP contribution is -2.16. The lowest BCUT2D eigenvalue weighted by atomic mass is 9.95. The van der Waals surface area contributed by atoms with Crippen molar-refractivity contribution in [1.82, 2.24) is 5.32 Å². The molecule has 1 aromatic carbocycles. The van der Waals surface area contributed by atoms with E-state index in [9.17, 15) is 4.39 Å². The van der Waals surface area contributed by atoms with E-state index in [1.807, 2.05) is 13.8 Å². The molecular formula is C12H15BrFN. The van der Waals surface area contributed by atoms with Gasteiger partial charge in [-0.3, -0.25) is 0 Å². The van der Waals surface area contributed by atoms with Gasteiger partial charge in [0.1, 0.15) is 5.82 Å². The first kappa shape index (κ1) is 11.1. The molecule has 1 aromatic rings. The number of benzene rings is 1. The molecule has 1 aliphatic heterocycles. The molecule has 1 heterocycles. The summed E-state index contributed by atoms with van der Waals surface area (Å²) >= 11 is 3.41. The number of halogens is 2. The lowest BCUT2D eigenvalue weighted by molar-refractivity contribution is 0.591. The highest BCUT2D eigenvalue weighted by Gasteiger charge is 2.22. The van der Waals surface area contributed by atoms with Crippen molar-refractivity contribution in [1.29, 1.82) is 0 Å². The maximum absolute atomic E-state index is 13.6. The van der Waals surface area contributed by atoms with Crippen LogP contribution >= 0.6 is 15.9 Å². The van der Waals surface area contributed by atoms with Crippen LogP contribution in [0.2, 0.25) is 0 Å². The minimum atomic E-state index is -0.115. The summed E-state index contributed by atoms with van der Waals surface area (Å²) in [5.41, 5.74) is 3.09. The lowest BCUT2D eigenvalue weighted by Gasteiger charge is -2.18. The molecule has 82 valence electrons. The van der Waals surface area contributed by atoms with Crippen LogP contribution in [0.5, 0.6) is 0 Å². The fraction of sp³-hybridized carbons (Fsp3) is 0.500. The summed E-state index contributed by atoms with van der Waals surface area (Å²) in [5, 5.41) is 3.42. The van der Waals surface area contributed by atoms with Gasteiger partial charge < -0.3 is 5.32 Å². The Morgan fingerprint density at radius 2 is 2.13 bits per heavy atom. The zero-order chi connectivity index (χ0) is 11.0. The summed E-state index contributed by atoms with van der Waals surface area (Å²) in [6, 6.07) is 1.89. The second-order valence-corrected chi connectivity index (χ2v) is 5.01. The Morgan fingerprint density at radius 3 is 2.73 bits per heavy atom. The Bertz CT molecular complexity index is 357. The van der Waals surface area contributed by atoms with Crippen molar-refractivity contribution in [2.24, 2.45) is 0 Å². The molecule has 2 rings (SSSR count). The molecule has 3 heteroatoms. The second kappa shape index (κ2) is 4.22. The van der Waals surface area contributed by atoms with Gasteiger partial charge in [0.05, 0.1) is 0 Å². The predicted octanol–water partition coefficient (Wildman–Crippen LogP) is 3.63. The molecule has 0 aromatic heterocycles. The van der Waals surface area contributed by atoms with Crippen LogP contribution in [0.15, 0.2) is 10.5 Å². The van der Waals surface area contributed by atoms with Gasteiger partial charge in [0.15, 0.2) is 0 Å². The molecule has 1 nitrogen and oxygen atoms in total. The van der Waals surface area contributed by atoms with Gasteiger partial charge in [0, 0.05) is 10.5 Å². The van der Waals surface area contributed by atoms with Gasteiger partial charge in [-0.15, -0.1) is 0 Å². The van der Waals surface area contributed by atoms with Crippen molar-refractivity contribution in [3.63, 3.8) is 0 Å². The van der Waals surface area contributed by atoms with Crippen LogP contribution in [0.1, 0.15) is 35.6 Å². The van der Waals surface area contributed by atoms with Crippen LogP contribution in [-0.4, -0.2) is 6.54 Å². The van der Waals surface area contributed by atoms with Gasteiger partial charge in [-0.05, 0) is 56.0 Å². The maximum Gasteiger partial charge on any atom is 0.127 e. The van der Waals surface area contributed by atoms with E-state index in [4.69, 9.17) is 0 Å². The highest BCUT2D eigenvalue weighted by atomic mass is 79.9. The van der Waals surface area contributed by atoms with Crippen LogP contribution < -0.4 is 5.32 Å². The number of rotatable bonds is 1. The molecule has 15 heavy (non-hydrogen) atoms. The SMILES string of the molecule is Cc1c(F)cc(Br)c(C)c1C1CCCN1. The predicted molar refractivity (Wildman–Crippen MR) is 63.6 cm³/mol. The Morgan fingerprint density at radius 1 is 1.40 bits per heavy atom.